The van der Waals surface area contributed by atoms with Gasteiger partial charge in [-0.2, -0.15) is 5.10 Å². The van der Waals surface area contributed by atoms with Gasteiger partial charge in [0.05, 0.1) is 25.1 Å². The maximum atomic E-state index is 12.9. The number of carbonyl (C=O) groups is 1. The highest BCUT2D eigenvalue weighted by Crippen LogP contribution is 2.31. The molecule has 0 unspecified atom stereocenters. The molecule has 0 bridgehead atoms. The molecule has 1 amide bonds. The van der Waals surface area contributed by atoms with Crippen LogP contribution in [0.1, 0.15) is 36.5 Å². The molecule has 0 radical (unpaired) electrons. The normalized spacial score (nSPS) is 18.4. The second kappa shape index (κ2) is 9.55. The van der Waals surface area contributed by atoms with Crippen LogP contribution in [0.5, 0.6) is 5.75 Å². The van der Waals surface area contributed by atoms with E-state index in [1.165, 1.54) is 17.3 Å². The summed E-state index contributed by atoms with van der Waals surface area (Å²) in [6.45, 7) is 4.62. The average Bonchev–Trinajstić information content (AvgIpc) is 2.99. The van der Waals surface area contributed by atoms with Crippen molar-refractivity contribution in [2.45, 2.75) is 38.5 Å². The van der Waals surface area contributed by atoms with E-state index < -0.39 is 0 Å². The summed E-state index contributed by atoms with van der Waals surface area (Å²) < 4.78 is 5.21. The van der Waals surface area contributed by atoms with Crippen LogP contribution in [0.2, 0.25) is 0 Å². The van der Waals surface area contributed by atoms with E-state index in [4.69, 9.17) is 4.74 Å². The number of benzene rings is 2. The number of ether oxygens (including phenoxy) is 1. The Morgan fingerprint density at radius 2 is 1.86 bits per heavy atom. The van der Waals surface area contributed by atoms with Crippen LogP contribution in [0.3, 0.4) is 0 Å². The number of amides is 1. The lowest BCUT2D eigenvalue weighted by molar-refractivity contribution is -0.126. The van der Waals surface area contributed by atoms with Crippen molar-refractivity contribution in [1.29, 1.82) is 0 Å². The van der Waals surface area contributed by atoms with Crippen molar-refractivity contribution in [2.75, 3.05) is 7.11 Å². The molecule has 3 rings (SSSR count). The molecule has 146 valence electrons. The summed E-state index contributed by atoms with van der Waals surface area (Å²) in [6, 6.07) is 15.8. The number of rotatable bonds is 7. The Hall–Kier alpha value is -2.60. The van der Waals surface area contributed by atoms with E-state index in [1.807, 2.05) is 55.5 Å². The van der Waals surface area contributed by atoms with Gasteiger partial charge in [0.1, 0.15) is 5.75 Å². The molecule has 0 aliphatic carbocycles. The number of aryl methyl sites for hydroxylation is 1. The fourth-order valence-corrected chi connectivity index (χ4v) is 4.10. The summed E-state index contributed by atoms with van der Waals surface area (Å²) in [6.07, 6.45) is 3.51. The predicted octanol–water partition coefficient (Wildman–Crippen LogP) is 4.64. The average molecular weight is 396 g/mol. The van der Waals surface area contributed by atoms with Gasteiger partial charge in [-0.05, 0) is 36.6 Å². The van der Waals surface area contributed by atoms with Crippen LogP contribution < -0.4 is 4.74 Å². The lowest BCUT2D eigenvalue weighted by Gasteiger charge is -2.16. The first-order valence-corrected chi connectivity index (χ1v) is 10.3. The van der Waals surface area contributed by atoms with Gasteiger partial charge in [-0.25, -0.2) is 0 Å². The van der Waals surface area contributed by atoms with E-state index in [2.05, 4.69) is 17.1 Å². The Balaban J connectivity index is 1.78. The number of thioether (sulfide) groups is 1. The van der Waals surface area contributed by atoms with Crippen molar-refractivity contribution in [3.05, 3.63) is 65.2 Å². The second-order valence-electron chi connectivity index (χ2n) is 6.71. The number of nitrogens with zero attached hydrogens (tertiary/aromatic N) is 3. The number of hydrogen-bond acceptors (Lipinski definition) is 5. The van der Waals surface area contributed by atoms with Gasteiger partial charge < -0.3 is 4.74 Å². The van der Waals surface area contributed by atoms with Gasteiger partial charge in [0, 0.05) is 0 Å². The zero-order valence-electron chi connectivity index (χ0n) is 16.5. The topological polar surface area (TPSA) is 54.3 Å². The molecule has 1 aliphatic rings. The highest BCUT2D eigenvalue weighted by Gasteiger charge is 2.37. The van der Waals surface area contributed by atoms with E-state index in [1.54, 1.807) is 18.2 Å². The second-order valence-corrected chi connectivity index (χ2v) is 7.88. The smallest absolute Gasteiger partial charge is 0.242 e. The molecule has 5 nitrogen and oxygen atoms in total. The lowest BCUT2D eigenvalue weighted by Crippen LogP contribution is -2.31. The first kappa shape index (κ1) is 20.1. The third-order valence-electron chi connectivity index (χ3n) is 4.50. The Morgan fingerprint density at radius 1 is 1.14 bits per heavy atom. The molecular formula is C22H25N3O2S. The molecule has 28 heavy (non-hydrogen) atoms. The fourth-order valence-electron chi connectivity index (χ4n) is 2.89. The summed E-state index contributed by atoms with van der Waals surface area (Å²) in [7, 11) is 1.64. The molecule has 0 saturated carbocycles. The van der Waals surface area contributed by atoms with Crippen LogP contribution in [-0.4, -0.2) is 34.5 Å². The highest BCUT2D eigenvalue weighted by atomic mass is 32.2. The summed E-state index contributed by atoms with van der Waals surface area (Å²) in [4.78, 5) is 14.6. The largest absolute Gasteiger partial charge is 0.497 e. The molecule has 1 aliphatic heterocycles. The summed E-state index contributed by atoms with van der Waals surface area (Å²) in [5.41, 5.74) is 3.21. The van der Waals surface area contributed by atoms with Gasteiger partial charge in [0.15, 0.2) is 5.17 Å². The quantitative estimate of drug-likeness (QED) is 0.507. The molecule has 2 aromatic rings. The van der Waals surface area contributed by atoms with Gasteiger partial charge in [-0.1, -0.05) is 67.1 Å². The fraction of sp³-hybridized carbons (Fsp3) is 0.318. The Labute approximate surface area is 170 Å². The van der Waals surface area contributed by atoms with Crippen molar-refractivity contribution < 1.29 is 9.53 Å². The van der Waals surface area contributed by atoms with Crippen molar-refractivity contribution in [3.8, 4) is 5.75 Å². The SMILES string of the molecule is CCC[C@H]1S/C(=N\N=C/c2ccc(C)cc2)N(Cc2ccc(OC)cc2)C1=O. The van der Waals surface area contributed by atoms with E-state index >= 15 is 0 Å². The van der Waals surface area contributed by atoms with Gasteiger partial charge in [-0.3, -0.25) is 9.69 Å². The van der Waals surface area contributed by atoms with E-state index in [0.717, 1.165) is 29.7 Å². The first-order valence-electron chi connectivity index (χ1n) is 9.39. The first-order chi connectivity index (χ1) is 13.6. The minimum atomic E-state index is -0.0865. The van der Waals surface area contributed by atoms with Crippen LogP contribution in [0.15, 0.2) is 58.7 Å². The maximum absolute atomic E-state index is 12.9. The summed E-state index contributed by atoms with van der Waals surface area (Å²) >= 11 is 1.50. The van der Waals surface area contributed by atoms with Crippen LogP contribution in [0.25, 0.3) is 0 Å². The molecule has 0 aromatic heterocycles. The molecule has 1 heterocycles. The predicted molar refractivity (Wildman–Crippen MR) is 116 cm³/mol. The number of carbonyl (C=O) groups excluding carboxylic acids is 1. The molecule has 1 fully saturated rings. The minimum absolute atomic E-state index is 0.0865. The summed E-state index contributed by atoms with van der Waals surface area (Å²) in [5.74, 6) is 0.901. The Bertz CT molecular complexity index is 860. The van der Waals surface area contributed by atoms with E-state index in [0.29, 0.717) is 11.7 Å². The van der Waals surface area contributed by atoms with Gasteiger partial charge >= 0.3 is 0 Å². The van der Waals surface area contributed by atoms with Crippen molar-refractivity contribution in [1.82, 2.24) is 4.90 Å². The van der Waals surface area contributed by atoms with Crippen molar-refractivity contribution in [3.63, 3.8) is 0 Å². The Morgan fingerprint density at radius 3 is 2.50 bits per heavy atom. The van der Waals surface area contributed by atoms with Crippen LogP contribution in [0.4, 0.5) is 0 Å². The Kier molecular flexibility index (Phi) is 6.87. The van der Waals surface area contributed by atoms with Gasteiger partial charge in [0.25, 0.3) is 0 Å². The summed E-state index contributed by atoms with van der Waals surface area (Å²) in [5, 5.41) is 9.16. The van der Waals surface area contributed by atoms with Crippen LogP contribution in [0, 0.1) is 6.92 Å². The van der Waals surface area contributed by atoms with Crippen molar-refractivity contribution >= 4 is 29.1 Å². The molecule has 0 N–H and O–H groups in total. The van der Waals surface area contributed by atoms with Gasteiger partial charge in [-0.15, -0.1) is 5.10 Å². The molecular weight excluding hydrogens is 370 g/mol. The molecule has 1 atom stereocenters. The van der Waals surface area contributed by atoms with Crippen LogP contribution in [-0.2, 0) is 11.3 Å². The van der Waals surface area contributed by atoms with E-state index in [9.17, 15) is 4.79 Å². The zero-order chi connectivity index (χ0) is 19.9. The third kappa shape index (κ3) is 5.01. The number of hydrogen-bond donors (Lipinski definition) is 0. The molecule has 0 spiro atoms. The number of amidine groups is 1. The maximum Gasteiger partial charge on any atom is 0.242 e. The lowest BCUT2D eigenvalue weighted by atomic mass is 10.2. The van der Waals surface area contributed by atoms with Crippen LogP contribution >= 0.6 is 11.8 Å². The zero-order valence-corrected chi connectivity index (χ0v) is 17.3. The standard InChI is InChI=1S/C22H25N3O2S/c1-4-5-20-21(26)25(15-18-10-12-19(27-3)13-11-18)22(28-20)24-23-14-17-8-6-16(2)7-9-17/h6-14,20H,4-5,15H2,1-3H3/b23-14-,24-22-/t20-/m1/s1. The van der Waals surface area contributed by atoms with Gasteiger partial charge in [0.2, 0.25) is 5.91 Å². The minimum Gasteiger partial charge on any atom is -0.497 e. The molecule has 1 saturated heterocycles. The molecule has 2 aromatic carbocycles. The highest BCUT2D eigenvalue weighted by molar-refractivity contribution is 8.15. The third-order valence-corrected chi connectivity index (χ3v) is 5.73. The van der Waals surface area contributed by atoms with E-state index in [-0.39, 0.29) is 11.2 Å². The monoisotopic (exact) mass is 395 g/mol. The van der Waals surface area contributed by atoms with Crippen molar-refractivity contribution in [2.24, 2.45) is 10.2 Å². The number of methoxy groups -OCH3 is 1. The molecule has 6 heteroatoms.